The lowest BCUT2D eigenvalue weighted by Gasteiger charge is -2.29. The average molecular weight is 423 g/mol. The zero-order valence-corrected chi connectivity index (χ0v) is 20.0. The minimum Gasteiger partial charge on any atom is -0.354 e. The molecule has 0 bridgehead atoms. The van der Waals surface area contributed by atoms with Crippen LogP contribution in [0, 0.1) is 6.92 Å². The third-order valence-electron chi connectivity index (χ3n) is 5.60. The van der Waals surface area contributed by atoms with Crippen LogP contribution in [0.25, 0.3) is 0 Å². The number of carbonyl (C=O) groups excluding carboxylic acids is 2. The van der Waals surface area contributed by atoms with Gasteiger partial charge < -0.3 is 10.2 Å². The van der Waals surface area contributed by atoms with Gasteiger partial charge in [-0.15, -0.1) is 0 Å². The number of hydrogen-bond acceptors (Lipinski definition) is 2. The maximum atomic E-state index is 13.2. The van der Waals surface area contributed by atoms with Crippen LogP contribution < -0.4 is 5.32 Å². The molecule has 0 fully saturated rings. The van der Waals surface area contributed by atoms with Crippen molar-refractivity contribution in [3.8, 4) is 0 Å². The van der Waals surface area contributed by atoms with Crippen LogP contribution in [0.5, 0.6) is 0 Å². The fraction of sp³-hybridized carbons (Fsp3) is 0.481. The Morgan fingerprint density at radius 2 is 1.71 bits per heavy atom. The van der Waals surface area contributed by atoms with E-state index in [1.54, 1.807) is 4.90 Å². The van der Waals surface area contributed by atoms with Crippen molar-refractivity contribution in [2.75, 3.05) is 6.54 Å². The zero-order chi connectivity index (χ0) is 23.0. The molecule has 2 aromatic rings. The Balaban J connectivity index is 2.12. The molecular weight excluding hydrogens is 384 g/mol. The Morgan fingerprint density at radius 1 is 1.03 bits per heavy atom. The Labute approximate surface area is 188 Å². The van der Waals surface area contributed by atoms with Gasteiger partial charge in [0.2, 0.25) is 11.8 Å². The molecule has 4 heteroatoms. The summed E-state index contributed by atoms with van der Waals surface area (Å²) in [5.74, 6) is -0.0991. The normalized spacial score (nSPS) is 12.3. The van der Waals surface area contributed by atoms with E-state index in [1.165, 1.54) is 5.56 Å². The zero-order valence-electron chi connectivity index (χ0n) is 20.0. The van der Waals surface area contributed by atoms with Gasteiger partial charge in [-0.2, -0.15) is 0 Å². The van der Waals surface area contributed by atoms with E-state index in [9.17, 15) is 9.59 Å². The van der Waals surface area contributed by atoms with E-state index in [-0.39, 0.29) is 17.2 Å². The van der Waals surface area contributed by atoms with Crippen molar-refractivity contribution in [2.24, 2.45) is 0 Å². The number of nitrogens with one attached hydrogen (secondary N) is 1. The van der Waals surface area contributed by atoms with Crippen molar-refractivity contribution >= 4 is 11.8 Å². The summed E-state index contributed by atoms with van der Waals surface area (Å²) in [4.78, 5) is 27.5. The third-order valence-corrected chi connectivity index (χ3v) is 5.60. The molecular formula is C27H38N2O2. The van der Waals surface area contributed by atoms with E-state index in [2.05, 4.69) is 56.4 Å². The lowest BCUT2D eigenvalue weighted by Crippen LogP contribution is -2.47. The van der Waals surface area contributed by atoms with Crippen LogP contribution in [-0.4, -0.2) is 29.3 Å². The molecule has 31 heavy (non-hydrogen) atoms. The highest BCUT2D eigenvalue weighted by molar-refractivity contribution is 5.87. The van der Waals surface area contributed by atoms with Gasteiger partial charge in [-0.25, -0.2) is 0 Å². The summed E-state index contributed by atoms with van der Waals surface area (Å²) in [5, 5.41) is 2.93. The van der Waals surface area contributed by atoms with Gasteiger partial charge in [0.05, 0.1) is 0 Å². The fourth-order valence-electron chi connectivity index (χ4n) is 3.55. The Kier molecular flexibility index (Phi) is 8.85. The quantitative estimate of drug-likeness (QED) is 0.606. The number of amides is 2. The number of hydrogen-bond donors (Lipinski definition) is 1. The number of rotatable bonds is 9. The van der Waals surface area contributed by atoms with Gasteiger partial charge in [0.25, 0.3) is 0 Å². The Hall–Kier alpha value is -2.62. The van der Waals surface area contributed by atoms with Crippen molar-refractivity contribution < 1.29 is 9.59 Å². The second-order valence-electron chi connectivity index (χ2n) is 9.42. The number of benzene rings is 2. The molecule has 0 aliphatic rings. The van der Waals surface area contributed by atoms with Gasteiger partial charge in [0, 0.05) is 19.5 Å². The lowest BCUT2D eigenvalue weighted by atomic mass is 9.86. The number of nitrogens with zero attached hydrogens (tertiary/aromatic N) is 1. The van der Waals surface area contributed by atoms with E-state index < -0.39 is 6.04 Å². The van der Waals surface area contributed by atoms with Gasteiger partial charge in [-0.3, -0.25) is 9.59 Å². The van der Waals surface area contributed by atoms with Crippen molar-refractivity contribution in [3.05, 3.63) is 70.8 Å². The van der Waals surface area contributed by atoms with Crippen LogP contribution >= 0.6 is 0 Å². The van der Waals surface area contributed by atoms with Crippen LogP contribution in [0.3, 0.4) is 0 Å². The Morgan fingerprint density at radius 3 is 2.29 bits per heavy atom. The molecule has 0 aromatic heterocycles. The molecule has 168 valence electrons. The molecule has 1 unspecified atom stereocenters. The first-order valence-corrected chi connectivity index (χ1v) is 11.3. The highest BCUT2D eigenvalue weighted by Gasteiger charge is 2.25. The van der Waals surface area contributed by atoms with Gasteiger partial charge in [0.1, 0.15) is 6.04 Å². The second kappa shape index (κ2) is 11.1. The van der Waals surface area contributed by atoms with Crippen LogP contribution in [0.15, 0.2) is 48.5 Å². The molecule has 0 aliphatic carbocycles. The largest absolute Gasteiger partial charge is 0.354 e. The third kappa shape index (κ3) is 7.54. The van der Waals surface area contributed by atoms with Crippen molar-refractivity contribution in [2.45, 2.75) is 78.8 Å². The second-order valence-corrected chi connectivity index (χ2v) is 9.42. The summed E-state index contributed by atoms with van der Waals surface area (Å²) in [6.45, 7) is 13.5. The van der Waals surface area contributed by atoms with Crippen LogP contribution in [0.2, 0.25) is 0 Å². The van der Waals surface area contributed by atoms with Gasteiger partial charge in [-0.05, 0) is 48.8 Å². The van der Waals surface area contributed by atoms with Crippen molar-refractivity contribution in [1.29, 1.82) is 0 Å². The van der Waals surface area contributed by atoms with Crippen LogP contribution in [0.1, 0.15) is 69.7 Å². The highest BCUT2D eigenvalue weighted by Crippen LogP contribution is 2.22. The van der Waals surface area contributed by atoms with Gasteiger partial charge in [0.15, 0.2) is 0 Å². The number of aryl methyl sites for hydroxylation is 2. The van der Waals surface area contributed by atoms with Gasteiger partial charge in [-0.1, -0.05) is 81.8 Å². The first-order valence-electron chi connectivity index (χ1n) is 11.3. The SMILES string of the molecule is CCCNC(=O)C(C)N(Cc1cccc(C)c1)C(=O)CCc1ccc(C(C)(C)C)cc1. The molecule has 0 radical (unpaired) electrons. The molecule has 1 N–H and O–H groups in total. The highest BCUT2D eigenvalue weighted by atomic mass is 16.2. The van der Waals surface area contributed by atoms with E-state index in [1.807, 2.05) is 39.0 Å². The molecule has 1 atom stereocenters. The summed E-state index contributed by atoms with van der Waals surface area (Å²) >= 11 is 0. The minimum absolute atomic E-state index is 0.000512. The van der Waals surface area contributed by atoms with Crippen LogP contribution in [0.4, 0.5) is 0 Å². The van der Waals surface area contributed by atoms with E-state index in [0.717, 1.165) is 23.1 Å². The predicted molar refractivity (Wildman–Crippen MR) is 128 cm³/mol. The maximum absolute atomic E-state index is 13.2. The summed E-state index contributed by atoms with van der Waals surface area (Å²) in [5.41, 5.74) is 4.72. The molecule has 0 aliphatic heterocycles. The maximum Gasteiger partial charge on any atom is 0.242 e. The Bertz CT molecular complexity index is 866. The first kappa shape index (κ1) is 24.6. The molecule has 4 nitrogen and oxygen atoms in total. The van der Waals surface area contributed by atoms with Crippen molar-refractivity contribution in [3.63, 3.8) is 0 Å². The molecule has 2 aromatic carbocycles. The minimum atomic E-state index is -0.511. The summed E-state index contributed by atoms with van der Waals surface area (Å²) in [6, 6.07) is 16.1. The topological polar surface area (TPSA) is 49.4 Å². The van der Waals surface area contributed by atoms with Crippen molar-refractivity contribution in [1.82, 2.24) is 10.2 Å². The molecule has 0 saturated carbocycles. The average Bonchev–Trinajstić information content (AvgIpc) is 2.73. The summed E-state index contributed by atoms with van der Waals surface area (Å²) in [6.07, 6.45) is 1.91. The van der Waals surface area contributed by atoms with E-state index in [4.69, 9.17) is 0 Å². The molecule has 0 saturated heterocycles. The van der Waals surface area contributed by atoms with Gasteiger partial charge >= 0.3 is 0 Å². The van der Waals surface area contributed by atoms with E-state index in [0.29, 0.717) is 25.9 Å². The first-order chi connectivity index (χ1) is 14.6. The fourth-order valence-corrected chi connectivity index (χ4v) is 3.55. The predicted octanol–water partition coefficient (Wildman–Crippen LogP) is 5.17. The smallest absolute Gasteiger partial charge is 0.242 e. The standard InChI is InChI=1S/C27H38N2O2/c1-7-17-28-26(31)21(3)29(19-23-10-8-9-20(2)18-23)25(30)16-13-22-11-14-24(15-12-22)27(4,5)6/h8-12,14-15,18,21H,7,13,16-17,19H2,1-6H3,(H,28,31). The molecule has 0 spiro atoms. The van der Waals surface area contributed by atoms with Crippen LogP contribution in [-0.2, 0) is 28.0 Å². The summed E-state index contributed by atoms with van der Waals surface area (Å²) < 4.78 is 0. The van der Waals surface area contributed by atoms with E-state index >= 15 is 0 Å². The monoisotopic (exact) mass is 422 g/mol. The lowest BCUT2D eigenvalue weighted by molar-refractivity contribution is -0.140. The molecule has 2 amide bonds. The molecule has 0 heterocycles. The molecule has 2 rings (SSSR count). The number of carbonyl (C=O) groups is 2. The summed E-state index contributed by atoms with van der Waals surface area (Å²) in [7, 11) is 0.